The molecular formula is C20H22N4OS. The third-order valence-electron chi connectivity index (χ3n) is 4.91. The predicted molar refractivity (Wildman–Crippen MR) is 105 cm³/mol. The molecule has 1 aliphatic rings. The van der Waals surface area contributed by atoms with Gasteiger partial charge in [0.1, 0.15) is 0 Å². The van der Waals surface area contributed by atoms with Crippen LogP contribution in [0.15, 0.2) is 48.8 Å². The van der Waals surface area contributed by atoms with Crippen LogP contribution in [0.4, 0.5) is 5.13 Å². The van der Waals surface area contributed by atoms with Crippen LogP contribution in [0.25, 0.3) is 10.2 Å². The second-order valence-electron chi connectivity index (χ2n) is 6.76. The van der Waals surface area contributed by atoms with Crippen molar-refractivity contribution in [3.63, 3.8) is 0 Å². The van der Waals surface area contributed by atoms with Gasteiger partial charge in [0.05, 0.1) is 22.2 Å². The number of aromatic nitrogens is 2. The molecule has 2 unspecified atom stereocenters. The number of amides is 1. The molecule has 1 amide bonds. The highest BCUT2D eigenvalue weighted by atomic mass is 32.1. The summed E-state index contributed by atoms with van der Waals surface area (Å²) in [6.45, 7) is 3.71. The molecule has 5 nitrogen and oxygen atoms in total. The maximum atomic E-state index is 12.8. The molecule has 134 valence electrons. The number of carbonyl (C=O) groups excluding carboxylic acids is 1. The molecule has 3 aromatic rings. The van der Waals surface area contributed by atoms with Crippen molar-refractivity contribution >= 4 is 32.6 Å². The van der Waals surface area contributed by atoms with Gasteiger partial charge in [0, 0.05) is 25.5 Å². The fraction of sp³-hybridized carbons (Fsp3) is 0.350. The Kier molecular flexibility index (Phi) is 4.84. The van der Waals surface area contributed by atoms with Crippen LogP contribution in [0.3, 0.4) is 0 Å². The Balaban J connectivity index is 1.43. The van der Waals surface area contributed by atoms with E-state index in [2.05, 4.69) is 21.3 Å². The maximum Gasteiger partial charge on any atom is 0.225 e. The fourth-order valence-corrected chi connectivity index (χ4v) is 4.43. The standard InChI is InChI=1S/C20H22N4OS/c1-14(15-8-10-21-11-9-15)22-19(25)16-5-4-12-24(13-16)20-23-17-6-2-3-7-18(17)26-20/h2-3,6-11,14,16H,4-5,12-13H2,1H3,(H,22,25). The van der Waals surface area contributed by atoms with Crippen LogP contribution in [-0.2, 0) is 4.79 Å². The predicted octanol–water partition coefficient (Wildman–Crippen LogP) is 3.79. The minimum absolute atomic E-state index is 0.0000458. The van der Waals surface area contributed by atoms with E-state index in [9.17, 15) is 4.79 Å². The molecule has 1 fully saturated rings. The number of hydrogen-bond acceptors (Lipinski definition) is 5. The monoisotopic (exact) mass is 366 g/mol. The number of thiazole rings is 1. The number of piperidine rings is 1. The zero-order chi connectivity index (χ0) is 17.9. The van der Waals surface area contributed by atoms with Crippen molar-refractivity contribution in [3.05, 3.63) is 54.4 Å². The van der Waals surface area contributed by atoms with Crippen molar-refractivity contribution in [1.82, 2.24) is 15.3 Å². The lowest BCUT2D eigenvalue weighted by Crippen LogP contribution is -2.43. The molecular weight excluding hydrogens is 344 g/mol. The largest absolute Gasteiger partial charge is 0.349 e. The van der Waals surface area contributed by atoms with Crippen molar-refractivity contribution in [3.8, 4) is 0 Å². The van der Waals surface area contributed by atoms with Crippen molar-refractivity contribution in [2.45, 2.75) is 25.8 Å². The van der Waals surface area contributed by atoms with Gasteiger partial charge in [0.2, 0.25) is 5.91 Å². The summed E-state index contributed by atoms with van der Waals surface area (Å²) in [5.41, 5.74) is 2.11. The number of pyridine rings is 1. The third kappa shape index (κ3) is 3.55. The topological polar surface area (TPSA) is 58.1 Å². The lowest BCUT2D eigenvalue weighted by molar-refractivity contribution is -0.125. The highest BCUT2D eigenvalue weighted by molar-refractivity contribution is 7.22. The van der Waals surface area contributed by atoms with E-state index in [0.29, 0.717) is 0 Å². The van der Waals surface area contributed by atoms with Gasteiger partial charge in [-0.15, -0.1) is 0 Å². The van der Waals surface area contributed by atoms with Crippen molar-refractivity contribution in [2.24, 2.45) is 5.92 Å². The molecule has 4 rings (SSSR count). The summed E-state index contributed by atoms with van der Waals surface area (Å²) in [6, 6.07) is 12.1. The summed E-state index contributed by atoms with van der Waals surface area (Å²) < 4.78 is 1.19. The number of nitrogens with zero attached hydrogens (tertiary/aromatic N) is 3. The number of para-hydroxylation sites is 1. The Labute approximate surface area is 157 Å². The molecule has 6 heteroatoms. The van der Waals surface area contributed by atoms with Crippen LogP contribution in [0.5, 0.6) is 0 Å². The highest BCUT2D eigenvalue weighted by Crippen LogP contribution is 2.31. The molecule has 0 saturated carbocycles. The van der Waals surface area contributed by atoms with Crippen LogP contribution in [0, 0.1) is 5.92 Å². The fourth-order valence-electron chi connectivity index (χ4n) is 3.43. The number of anilines is 1. The van der Waals surface area contributed by atoms with E-state index >= 15 is 0 Å². The Morgan fingerprint density at radius 3 is 2.88 bits per heavy atom. The first-order valence-electron chi connectivity index (χ1n) is 9.01. The van der Waals surface area contributed by atoms with Gasteiger partial charge >= 0.3 is 0 Å². The van der Waals surface area contributed by atoms with Gasteiger partial charge in [0.15, 0.2) is 5.13 Å². The molecule has 26 heavy (non-hydrogen) atoms. The van der Waals surface area contributed by atoms with E-state index in [1.807, 2.05) is 37.3 Å². The van der Waals surface area contributed by atoms with Crippen LogP contribution in [0.1, 0.15) is 31.4 Å². The first-order valence-corrected chi connectivity index (χ1v) is 9.83. The van der Waals surface area contributed by atoms with E-state index in [0.717, 1.165) is 42.1 Å². The van der Waals surface area contributed by atoms with Crippen molar-refractivity contribution in [1.29, 1.82) is 0 Å². The maximum absolute atomic E-state index is 12.8. The molecule has 0 aliphatic carbocycles. The van der Waals surface area contributed by atoms with E-state index in [1.54, 1.807) is 23.7 Å². The van der Waals surface area contributed by atoms with Crippen LogP contribution in [-0.4, -0.2) is 29.0 Å². The van der Waals surface area contributed by atoms with Gasteiger partial charge in [-0.05, 0) is 49.6 Å². The summed E-state index contributed by atoms with van der Waals surface area (Å²) in [6.07, 6.45) is 5.45. The number of hydrogen-bond donors (Lipinski definition) is 1. The lowest BCUT2D eigenvalue weighted by atomic mass is 9.97. The van der Waals surface area contributed by atoms with E-state index < -0.39 is 0 Å². The zero-order valence-electron chi connectivity index (χ0n) is 14.8. The van der Waals surface area contributed by atoms with Crippen molar-refractivity contribution in [2.75, 3.05) is 18.0 Å². The van der Waals surface area contributed by atoms with Crippen LogP contribution in [0.2, 0.25) is 0 Å². The van der Waals surface area contributed by atoms with E-state index in [4.69, 9.17) is 4.98 Å². The summed E-state index contributed by atoms with van der Waals surface area (Å²) in [5, 5.41) is 4.17. The van der Waals surface area contributed by atoms with E-state index in [-0.39, 0.29) is 17.9 Å². The van der Waals surface area contributed by atoms with Crippen LogP contribution >= 0.6 is 11.3 Å². The zero-order valence-corrected chi connectivity index (χ0v) is 15.6. The molecule has 0 bridgehead atoms. The molecule has 2 atom stereocenters. The Morgan fingerprint density at radius 2 is 2.08 bits per heavy atom. The number of carbonyl (C=O) groups is 1. The van der Waals surface area contributed by atoms with Gasteiger partial charge in [-0.25, -0.2) is 4.98 Å². The quantitative estimate of drug-likeness (QED) is 0.763. The summed E-state index contributed by atoms with van der Waals surface area (Å²) in [5.74, 6) is 0.125. The lowest BCUT2D eigenvalue weighted by Gasteiger charge is -2.32. The molecule has 1 N–H and O–H groups in total. The molecule has 1 aromatic carbocycles. The van der Waals surface area contributed by atoms with E-state index in [1.165, 1.54) is 4.70 Å². The van der Waals surface area contributed by atoms with Gasteiger partial charge in [0.25, 0.3) is 0 Å². The SMILES string of the molecule is CC(NC(=O)C1CCCN(c2nc3ccccc3s2)C1)c1ccncc1. The minimum atomic E-state index is -0.0108. The first-order chi connectivity index (χ1) is 12.7. The molecule has 2 aromatic heterocycles. The third-order valence-corrected chi connectivity index (χ3v) is 6.01. The van der Waals surface area contributed by atoms with Gasteiger partial charge in [-0.3, -0.25) is 9.78 Å². The van der Waals surface area contributed by atoms with Crippen molar-refractivity contribution < 1.29 is 4.79 Å². The minimum Gasteiger partial charge on any atom is -0.349 e. The Morgan fingerprint density at radius 1 is 1.27 bits per heavy atom. The highest BCUT2D eigenvalue weighted by Gasteiger charge is 2.28. The normalized spacial score (nSPS) is 18.7. The smallest absolute Gasteiger partial charge is 0.225 e. The summed E-state index contributed by atoms with van der Waals surface area (Å²) in [4.78, 5) is 23.8. The Bertz CT molecular complexity index is 862. The van der Waals surface area contributed by atoms with Gasteiger partial charge < -0.3 is 10.2 Å². The molecule has 0 radical (unpaired) electrons. The molecule has 3 heterocycles. The number of nitrogens with one attached hydrogen (secondary N) is 1. The number of rotatable bonds is 4. The van der Waals surface area contributed by atoms with Crippen LogP contribution < -0.4 is 10.2 Å². The molecule has 0 spiro atoms. The summed E-state index contributed by atoms with van der Waals surface area (Å²) >= 11 is 1.70. The summed E-state index contributed by atoms with van der Waals surface area (Å²) in [7, 11) is 0. The Hall–Kier alpha value is -2.47. The first kappa shape index (κ1) is 17.0. The molecule has 1 aliphatic heterocycles. The second kappa shape index (κ2) is 7.41. The second-order valence-corrected chi connectivity index (χ2v) is 7.77. The average molecular weight is 366 g/mol. The van der Waals surface area contributed by atoms with Gasteiger partial charge in [-0.2, -0.15) is 0 Å². The number of benzene rings is 1. The average Bonchev–Trinajstić information content (AvgIpc) is 3.13. The van der Waals surface area contributed by atoms with Gasteiger partial charge in [-0.1, -0.05) is 23.5 Å². The molecule has 1 saturated heterocycles. The number of fused-ring (bicyclic) bond motifs is 1.